The van der Waals surface area contributed by atoms with E-state index in [2.05, 4.69) is 15.5 Å². The summed E-state index contributed by atoms with van der Waals surface area (Å²) >= 11 is 0. The van der Waals surface area contributed by atoms with Crippen LogP contribution in [-0.2, 0) is 4.79 Å². The standard InChI is InChI=1S/C14H16N4O4.ClH/c19-14(16-11-5-7-15-8-6-11)12(17-20)9-10-3-1-2-4-13(10)18(21)22;/h5-9,13,20H,1-4H2,(H,15,16,19);1H/b10-9+,17-12+;. The quantitative estimate of drug-likeness (QED) is 0.377. The van der Waals surface area contributed by atoms with Crippen LogP contribution in [0.3, 0.4) is 0 Å². The lowest BCUT2D eigenvalue weighted by molar-refractivity contribution is -0.514. The smallest absolute Gasteiger partial charge is 0.277 e. The van der Waals surface area contributed by atoms with Crippen LogP contribution in [0.4, 0.5) is 5.69 Å². The molecule has 0 radical (unpaired) electrons. The van der Waals surface area contributed by atoms with Crippen molar-refractivity contribution in [2.24, 2.45) is 5.16 Å². The van der Waals surface area contributed by atoms with Crippen molar-refractivity contribution in [3.05, 3.63) is 46.3 Å². The van der Waals surface area contributed by atoms with Crippen molar-refractivity contribution in [3.63, 3.8) is 0 Å². The van der Waals surface area contributed by atoms with Gasteiger partial charge in [-0.3, -0.25) is 19.9 Å². The highest BCUT2D eigenvalue weighted by molar-refractivity contribution is 6.47. The van der Waals surface area contributed by atoms with Crippen molar-refractivity contribution < 1.29 is 14.9 Å². The molecule has 1 aromatic heterocycles. The first-order valence-electron chi connectivity index (χ1n) is 6.89. The Morgan fingerprint density at radius 1 is 1.43 bits per heavy atom. The third-order valence-electron chi connectivity index (χ3n) is 3.48. The molecule has 2 N–H and O–H groups in total. The second-order valence-corrected chi connectivity index (χ2v) is 4.94. The van der Waals surface area contributed by atoms with Crippen LogP contribution >= 0.6 is 12.4 Å². The van der Waals surface area contributed by atoms with Gasteiger partial charge in [-0.15, -0.1) is 12.4 Å². The summed E-state index contributed by atoms with van der Waals surface area (Å²) in [5.41, 5.74) is 0.753. The number of pyridine rings is 1. The van der Waals surface area contributed by atoms with Crippen molar-refractivity contribution in [2.45, 2.75) is 31.7 Å². The lowest BCUT2D eigenvalue weighted by Crippen LogP contribution is -2.28. The van der Waals surface area contributed by atoms with Gasteiger partial charge in [0.2, 0.25) is 6.04 Å². The first kappa shape index (κ1) is 18.6. The number of nitrogens with one attached hydrogen (secondary N) is 1. The van der Waals surface area contributed by atoms with Gasteiger partial charge in [-0.25, -0.2) is 0 Å². The van der Waals surface area contributed by atoms with E-state index in [1.807, 2.05) is 0 Å². The number of nitrogens with zero attached hydrogens (tertiary/aromatic N) is 3. The number of rotatable bonds is 4. The highest BCUT2D eigenvalue weighted by atomic mass is 35.5. The fourth-order valence-corrected chi connectivity index (χ4v) is 2.37. The molecule has 1 aliphatic carbocycles. The molecule has 1 heterocycles. The molecule has 1 saturated carbocycles. The number of carbonyl (C=O) groups is 1. The molecule has 1 aliphatic rings. The van der Waals surface area contributed by atoms with Crippen LogP contribution in [0, 0.1) is 10.1 Å². The van der Waals surface area contributed by atoms with Crippen LogP contribution in [0.25, 0.3) is 0 Å². The fraction of sp³-hybridized carbons (Fsp3) is 0.357. The maximum atomic E-state index is 12.1. The molecule has 1 unspecified atom stereocenters. The third-order valence-corrected chi connectivity index (χ3v) is 3.48. The monoisotopic (exact) mass is 340 g/mol. The van der Waals surface area contributed by atoms with Gasteiger partial charge in [-0.1, -0.05) is 5.16 Å². The minimum absolute atomic E-state index is 0. The Morgan fingerprint density at radius 3 is 2.74 bits per heavy atom. The number of carbonyl (C=O) groups excluding carboxylic acids is 1. The molecule has 23 heavy (non-hydrogen) atoms. The zero-order valence-corrected chi connectivity index (χ0v) is 13.0. The lowest BCUT2D eigenvalue weighted by atomic mass is 9.89. The van der Waals surface area contributed by atoms with Gasteiger partial charge >= 0.3 is 0 Å². The average molecular weight is 341 g/mol. The average Bonchev–Trinajstić information content (AvgIpc) is 2.53. The van der Waals surface area contributed by atoms with E-state index in [0.717, 1.165) is 12.8 Å². The van der Waals surface area contributed by atoms with Crippen molar-refractivity contribution in [1.29, 1.82) is 0 Å². The summed E-state index contributed by atoms with van der Waals surface area (Å²) in [6, 6.07) is 2.35. The maximum absolute atomic E-state index is 12.1. The summed E-state index contributed by atoms with van der Waals surface area (Å²) in [4.78, 5) is 26.6. The molecule has 9 heteroatoms. The highest BCUT2D eigenvalue weighted by Crippen LogP contribution is 2.25. The molecule has 1 aromatic rings. The predicted molar refractivity (Wildman–Crippen MR) is 86.7 cm³/mol. The second kappa shape index (κ2) is 8.84. The van der Waals surface area contributed by atoms with Gasteiger partial charge in [-0.05, 0) is 37.5 Å². The zero-order valence-electron chi connectivity index (χ0n) is 12.2. The zero-order chi connectivity index (χ0) is 15.9. The second-order valence-electron chi connectivity index (χ2n) is 4.94. The Kier molecular flexibility index (Phi) is 7.14. The Hall–Kier alpha value is -2.48. The molecule has 0 saturated heterocycles. The molecule has 1 amide bonds. The van der Waals surface area contributed by atoms with E-state index in [4.69, 9.17) is 5.21 Å². The van der Waals surface area contributed by atoms with E-state index in [1.54, 1.807) is 12.1 Å². The SMILES string of the molecule is Cl.O=C(Nc1ccncc1)C(/C=C1\CCCCC1[N+](=O)[O-])=N/O. The number of nitro groups is 1. The van der Waals surface area contributed by atoms with Gasteiger partial charge in [0.05, 0.1) is 0 Å². The third kappa shape index (κ3) is 5.03. The van der Waals surface area contributed by atoms with Crippen molar-refractivity contribution >= 4 is 29.7 Å². The summed E-state index contributed by atoms with van der Waals surface area (Å²) in [6.45, 7) is 0. The molecule has 0 bridgehead atoms. The van der Waals surface area contributed by atoms with Crippen LogP contribution in [-0.4, -0.2) is 32.8 Å². The van der Waals surface area contributed by atoms with Crippen molar-refractivity contribution in [1.82, 2.24) is 4.98 Å². The molecule has 2 rings (SSSR count). The maximum Gasteiger partial charge on any atom is 0.277 e. The van der Waals surface area contributed by atoms with Gasteiger partial charge in [0.1, 0.15) is 0 Å². The van der Waals surface area contributed by atoms with Crippen LogP contribution in [0.1, 0.15) is 25.7 Å². The van der Waals surface area contributed by atoms with Gasteiger partial charge in [0, 0.05) is 35.0 Å². The van der Waals surface area contributed by atoms with E-state index in [9.17, 15) is 14.9 Å². The van der Waals surface area contributed by atoms with E-state index in [0.29, 0.717) is 24.1 Å². The largest absolute Gasteiger partial charge is 0.410 e. The summed E-state index contributed by atoms with van der Waals surface area (Å²) in [5, 5.41) is 25.6. The van der Waals surface area contributed by atoms with Gasteiger partial charge in [-0.2, -0.15) is 0 Å². The van der Waals surface area contributed by atoms with Gasteiger partial charge in [0.15, 0.2) is 5.71 Å². The molecule has 0 aromatic carbocycles. The molecular weight excluding hydrogens is 324 g/mol. The number of anilines is 1. The highest BCUT2D eigenvalue weighted by Gasteiger charge is 2.29. The summed E-state index contributed by atoms with van der Waals surface area (Å²) in [6.07, 6.45) is 6.88. The molecule has 124 valence electrons. The first-order valence-corrected chi connectivity index (χ1v) is 6.89. The summed E-state index contributed by atoms with van der Waals surface area (Å²) in [7, 11) is 0. The Morgan fingerprint density at radius 2 is 2.13 bits per heavy atom. The Bertz CT molecular complexity index is 618. The number of aromatic nitrogens is 1. The van der Waals surface area contributed by atoms with E-state index < -0.39 is 11.9 Å². The number of hydrogen-bond donors (Lipinski definition) is 2. The van der Waals surface area contributed by atoms with Gasteiger partial charge < -0.3 is 10.5 Å². The summed E-state index contributed by atoms with van der Waals surface area (Å²) < 4.78 is 0. The van der Waals surface area contributed by atoms with E-state index in [-0.39, 0.29) is 23.0 Å². The molecular formula is C14H17ClN4O4. The lowest BCUT2D eigenvalue weighted by Gasteiger charge is -2.18. The molecule has 0 aliphatic heterocycles. The first-order chi connectivity index (χ1) is 10.6. The van der Waals surface area contributed by atoms with Crippen molar-refractivity contribution in [3.8, 4) is 0 Å². The molecule has 8 nitrogen and oxygen atoms in total. The van der Waals surface area contributed by atoms with Gasteiger partial charge in [0.25, 0.3) is 5.91 Å². The molecule has 0 spiro atoms. The molecule has 1 atom stereocenters. The minimum Gasteiger partial charge on any atom is -0.410 e. The molecule has 1 fully saturated rings. The summed E-state index contributed by atoms with van der Waals surface area (Å²) in [5.74, 6) is -0.631. The minimum atomic E-state index is -0.820. The topological polar surface area (TPSA) is 118 Å². The number of halogens is 1. The predicted octanol–water partition coefficient (Wildman–Crippen LogP) is 2.42. The van der Waals surface area contributed by atoms with Crippen LogP contribution in [0.15, 0.2) is 41.3 Å². The number of hydrogen-bond acceptors (Lipinski definition) is 6. The van der Waals surface area contributed by atoms with Crippen LogP contribution in [0.2, 0.25) is 0 Å². The normalized spacial score (nSPS) is 19.7. The van der Waals surface area contributed by atoms with Crippen LogP contribution in [0.5, 0.6) is 0 Å². The Balaban J connectivity index is 0.00000264. The van der Waals surface area contributed by atoms with E-state index in [1.165, 1.54) is 18.5 Å². The number of oxime groups is 1. The van der Waals surface area contributed by atoms with E-state index >= 15 is 0 Å². The fourth-order valence-electron chi connectivity index (χ4n) is 2.37. The number of amides is 1. The van der Waals surface area contributed by atoms with Crippen molar-refractivity contribution in [2.75, 3.05) is 5.32 Å². The Labute approximate surface area is 138 Å². The van der Waals surface area contributed by atoms with Crippen LogP contribution < -0.4 is 5.32 Å².